The number of esters is 1. The highest BCUT2D eigenvalue weighted by Crippen LogP contribution is 2.27. The molecule has 8 heteroatoms. The first-order valence-corrected chi connectivity index (χ1v) is 11.1. The number of thiazole rings is 1. The minimum Gasteiger partial charge on any atom is -0.459 e. The van der Waals surface area contributed by atoms with Crippen LogP contribution in [0.2, 0.25) is 0 Å². The third-order valence-electron chi connectivity index (χ3n) is 5.04. The minimum absolute atomic E-state index is 0.224. The van der Waals surface area contributed by atoms with Gasteiger partial charge in [0.25, 0.3) is 5.56 Å². The molecule has 0 fully saturated rings. The van der Waals surface area contributed by atoms with Gasteiger partial charge in [0, 0.05) is 11.5 Å². The first-order chi connectivity index (χ1) is 14.6. The zero-order valence-corrected chi connectivity index (χ0v) is 19.4. The molecule has 0 bridgehead atoms. The van der Waals surface area contributed by atoms with Crippen molar-refractivity contribution in [3.05, 3.63) is 56.3 Å². The van der Waals surface area contributed by atoms with Gasteiger partial charge in [-0.1, -0.05) is 36.5 Å². The monoisotopic (exact) mass is 441 g/mol. The molecule has 0 aliphatic heterocycles. The second-order valence-corrected chi connectivity index (χ2v) is 8.81. The summed E-state index contributed by atoms with van der Waals surface area (Å²) in [4.78, 5) is 43.0. The normalized spacial score (nSPS) is 12.2. The highest BCUT2D eigenvalue weighted by molar-refractivity contribution is 7.17. The standard InChI is InChI=1S/C23H27N3O4S/c1-7-17(26-18(27)11-14(5)16-10-8-9-13(4)19(16)26)21(28)25-23-24-15(6)20(31-23)22(29)30-12(2)3/h8-12,17H,7H2,1-6H3,(H,24,25,28). The van der Waals surface area contributed by atoms with Crippen molar-refractivity contribution in [2.24, 2.45) is 0 Å². The lowest BCUT2D eigenvalue weighted by molar-refractivity contribution is -0.119. The second-order valence-electron chi connectivity index (χ2n) is 7.81. The molecule has 1 N–H and O–H groups in total. The molecule has 31 heavy (non-hydrogen) atoms. The molecule has 0 saturated carbocycles. The van der Waals surface area contributed by atoms with E-state index >= 15 is 0 Å². The maximum absolute atomic E-state index is 13.2. The van der Waals surface area contributed by atoms with E-state index in [2.05, 4.69) is 10.3 Å². The first-order valence-electron chi connectivity index (χ1n) is 10.2. The van der Waals surface area contributed by atoms with E-state index in [1.165, 1.54) is 0 Å². The van der Waals surface area contributed by atoms with Gasteiger partial charge in [0.05, 0.1) is 17.3 Å². The van der Waals surface area contributed by atoms with Crippen molar-refractivity contribution in [1.29, 1.82) is 0 Å². The van der Waals surface area contributed by atoms with E-state index in [9.17, 15) is 14.4 Å². The van der Waals surface area contributed by atoms with Crippen LogP contribution in [0.1, 0.15) is 59.7 Å². The molecule has 0 radical (unpaired) electrons. The van der Waals surface area contributed by atoms with E-state index in [0.29, 0.717) is 22.1 Å². The molecule has 2 heterocycles. The topological polar surface area (TPSA) is 90.3 Å². The SMILES string of the molecule is CCC(C(=O)Nc1nc(C)c(C(=O)OC(C)C)s1)n1c(=O)cc(C)c2cccc(C)c21. The Hall–Kier alpha value is -3.00. The zero-order valence-electron chi connectivity index (χ0n) is 18.6. The quantitative estimate of drug-likeness (QED) is 0.567. The molecule has 0 spiro atoms. The number of rotatable bonds is 6. The Balaban J connectivity index is 1.98. The smallest absolute Gasteiger partial charge is 0.350 e. The summed E-state index contributed by atoms with van der Waals surface area (Å²) >= 11 is 1.07. The lowest BCUT2D eigenvalue weighted by Crippen LogP contribution is -2.33. The van der Waals surface area contributed by atoms with E-state index in [1.807, 2.05) is 39.0 Å². The molecule has 0 aliphatic rings. The molecule has 0 aliphatic carbocycles. The van der Waals surface area contributed by atoms with E-state index in [0.717, 1.165) is 33.4 Å². The van der Waals surface area contributed by atoms with Crippen LogP contribution in [0.15, 0.2) is 29.1 Å². The summed E-state index contributed by atoms with van der Waals surface area (Å²) in [7, 11) is 0. The maximum atomic E-state index is 13.2. The van der Waals surface area contributed by atoms with E-state index in [1.54, 1.807) is 31.4 Å². The number of hydrogen-bond donors (Lipinski definition) is 1. The lowest BCUT2D eigenvalue weighted by atomic mass is 10.0. The van der Waals surface area contributed by atoms with Crippen LogP contribution < -0.4 is 10.9 Å². The fourth-order valence-electron chi connectivity index (χ4n) is 3.63. The van der Waals surface area contributed by atoms with Crippen LogP contribution >= 0.6 is 11.3 Å². The number of ether oxygens (including phenoxy) is 1. The van der Waals surface area contributed by atoms with Crippen LogP contribution in [0, 0.1) is 20.8 Å². The Morgan fingerprint density at radius 3 is 2.55 bits per heavy atom. The van der Waals surface area contributed by atoms with Crippen LogP contribution in [-0.2, 0) is 9.53 Å². The van der Waals surface area contributed by atoms with Gasteiger partial charge >= 0.3 is 5.97 Å². The summed E-state index contributed by atoms with van der Waals surface area (Å²) in [5, 5.41) is 4.03. The summed E-state index contributed by atoms with van der Waals surface area (Å²) in [6, 6.07) is 6.67. The van der Waals surface area contributed by atoms with Crippen molar-refractivity contribution in [3.63, 3.8) is 0 Å². The predicted octanol–water partition coefficient (Wildman–Crippen LogP) is 4.54. The van der Waals surface area contributed by atoms with Crippen LogP contribution in [0.25, 0.3) is 10.9 Å². The van der Waals surface area contributed by atoms with Crippen molar-refractivity contribution in [1.82, 2.24) is 9.55 Å². The van der Waals surface area contributed by atoms with Crippen LogP contribution in [-0.4, -0.2) is 27.5 Å². The molecule has 1 amide bonds. The number of aromatic nitrogens is 2. The van der Waals surface area contributed by atoms with Crippen molar-refractivity contribution in [3.8, 4) is 0 Å². The van der Waals surface area contributed by atoms with Gasteiger partial charge in [-0.05, 0) is 52.2 Å². The number of hydrogen-bond acceptors (Lipinski definition) is 6. The number of anilines is 1. The van der Waals surface area contributed by atoms with Crippen molar-refractivity contribution in [2.45, 2.75) is 60.1 Å². The molecule has 164 valence electrons. The van der Waals surface area contributed by atoms with E-state index in [4.69, 9.17) is 4.74 Å². The van der Waals surface area contributed by atoms with Gasteiger partial charge in [-0.2, -0.15) is 0 Å². The van der Waals surface area contributed by atoms with Gasteiger partial charge in [-0.25, -0.2) is 9.78 Å². The number of para-hydroxylation sites is 1. The van der Waals surface area contributed by atoms with Gasteiger partial charge < -0.3 is 10.1 Å². The summed E-state index contributed by atoms with van der Waals surface area (Å²) in [6.07, 6.45) is 0.173. The van der Waals surface area contributed by atoms with E-state index in [-0.39, 0.29) is 17.6 Å². The molecule has 3 aromatic rings. The molecule has 0 saturated heterocycles. The Morgan fingerprint density at radius 2 is 1.90 bits per heavy atom. The number of carbonyl (C=O) groups excluding carboxylic acids is 2. The second kappa shape index (κ2) is 9.01. The highest BCUT2D eigenvalue weighted by atomic mass is 32.1. The van der Waals surface area contributed by atoms with Gasteiger partial charge in [0.2, 0.25) is 5.91 Å². The third-order valence-corrected chi connectivity index (χ3v) is 6.09. The Morgan fingerprint density at radius 1 is 1.19 bits per heavy atom. The summed E-state index contributed by atoms with van der Waals surface area (Å²) in [6.45, 7) is 10.9. The summed E-state index contributed by atoms with van der Waals surface area (Å²) < 4.78 is 6.79. The molecule has 1 unspecified atom stereocenters. The predicted molar refractivity (Wildman–Crippen MR) is 123 cm³/mol. The lowest BCUT2D eigenvalue weighted by Gasteiger charge is -2.21. The Labute approximate surface area is 185 Å². The number of nitrogens with zero attached hydrogens (tertiary/aromatic N) is 2. The zero-order chi connectivity index (χ0) is 22.9. The Kier molecular flexibility index (Phi) is 6.59. The van der Waals surface area contributed by atoms with Crippen LogP contribution in [0.3, 0.4) is 0 Å². The average molecular weight is 442 g/mol. The summed E-state index contributed by atoms with van der Waals surface area (Å²) in [5.41, 5.74) is 2.82. The fraction of sp³-hybridized carbons (Fsp3) is 0.391. The van der Waals surface area contributed by atoms with Gasteiger partial charge in [0.1, 0.15) is 10.9 Å². The molecular weight excluding hydrogens is 414 g/mol. The van der Waals surface area contributed by atoms with Crippen molar-refractivity contribution >= 4 is 39.2 Å². The molecular formula is C23H27N3O4S. The fourth-order valence-corrected chi connectivity index (χ4v) is 4.48. The van der Waals surface area contributed by atoms with Gasteiger partial charge in [-0.15, -0.1) is 0 Å². The van der Waals surface area contributed by atoms with E-state index < -0.39 is 12.0 Å². The summed E-state index contributed by atoms with van der Waals surface area (Å²) in [5.74, 6) is -0.815. The molecule has 2 aromatic heterocycles. The largest absolute Gasteiger partial charge is 0.459 e. The maximum Gasteiger partial charge on any atom is 0.350 e. The van der Waals surface area contributed by atoms with Crippen LogP contribution in [0.4, 0.5) is 5.13 Å². The number of carbonyl (C=O) groups is 2. The van der Waals surface area contributed by atoms with Gasteiger partial charge in [-0.3, -0.25) is 14.2 Å². The number of aryl methyl sites for hydroxylation is 3. The van der Waals surface area contributed by atoms with Gasteiger partial charge in [0.15, 0.2) is 5.13 Å². The molecule has 1 atom stereocenters. The number of amides is 1. The first kappa shape index (κ1) is 22.7. The number of nitrogens with one attached hydrogen (secondary N) is 1. The minimum atomic E-state index is -0.716. The van der Waals surface area contributed by atoms with Crippen molar-refractivity contribution in [2.75, 3.05) is 5.32 Å². The van der Waals surface area contributed by atoms with Crippen LogP contribution in [0.5, 0.6) is 0 Å². The number of fused-ring (bicyclic) bond motifs is 1. The third kappa shape index (κ3) is 4.54. The average Bonchev–Trinajstić information content (AvgIpc) is 3.04. The number of pyridine rings is 1. The molecule has 3 rings (SSSR count). The molecule has 7 nitrogen and oxygen atoms in total. The van der Waals surface area contributed by atoms with Crippen molar-refractivity contribution < 1.29 is 14.3 Å². The number of benzene rings is 1. The molecule has 1 aromatic carbocycles. The Bertz CT molecular complexity index is 1210. The highest BCUT2D eigenvalue weighted by Gasteiger charge is 2.25.